The van der Waals surface area contributed by atoms with Gasteiger partial charge in [0.2, 0.25) is 0 Å². The molecule has 1 amide bonds. The van der Waals surface area contributed by atoms with Crippen LogP contribution in [-0.4, -0.2) is 6.09 Å². The Balaban J connectivity index is 2.07. The van der Waals surface area contributed by atoms with Gasteiger partial charge in [-0.25, -0.2) is 9.18 Å². The van der Waals surface area contributed by atoms with Crippen molar-refractivity contribution in [3.05, 3.63) is 64.4 Å². The van der Waals surface area contributed by atoms with Crippen molar-refractivity contribution < 1.29 is 13.9 Å². The molecule has 2 aromatic carbocycles. The van der Waals surface area contributed by atoms with Gasteiger partial charge in [-0.15, -0.1) is 0 Å². The zero-order valence-electron chi connectivity index (χ0n) is 10.8. The van der Waals surface area contributed by atoms with Gasteiger partial charge >= 0.3 is 6.09 Å². The third-order valence-corrected chi connectivity index (χ3v) is 2.95. The van der Waals surface area contributed by atoms with Gasteiger partial charge in [0.05, 0.1) is 16.3 Å². The molecule has 0 aliphatic rings. The summed E-state index contributed by atoms with van der Waals surface area (Å²) in [5.41, 5.74) is 0.469. The van der Waals surface area contributed by atoms with E-state index in [9.17, 15) is 9.18 Å². The number of benzene rings is 2. The Hall–Kier alpha value is -2.58. The molecule has 0 aliphatic heterocycles. The van der Waals surface area contributed by atoms with Crippen LogP contribution in [0.25, 0.3) is 0 Å². The molecule has 106 valence electrons. The molecule has 0 heterocycles. The zero-order chi connectivity index (χ0) is 15.2. The molecule has 6 heteroatoms. The van der Waals surface area contributed by atoms with Crippen LogP contribution in [0.2, 0.25) is 5.02 Å². The minimum atomic E-state index is -0.868. The third kappa shape index (κ3) is 3.71. The summed E-state index contributed by atoms with van der Waals surface area (Å²) >= 11 is 5.62. The smallest absolute Gasteiger partial charge is 0.412 e. The minimum absolute atomic E-state index is 0.0337. The number of nitrogens with zero attached hydrogens (tertiary/aromatic N) is 1. The SMILES string of the molecule is N#Cc1ccc(Cl)c(F)c1NC(=O)OCc1ccccc1. The fraction of sp³-hybridized carbons (Fsp3) is 0.0667. The van der Waals surface area contributed by atoms with Crippen molar-refractivity contribution in [3.8, 4) is 6.07 Å². The average Bonchev–Trinajstić information content (AvgIpc) is 2.51. The topological polar surface area (TPSA) is 62.1 Å². The number of hydrogen-bond donors (Lipinski definition) is 1. The Bertz CT molecular complexity index is 699. The molecule has 0 aromatic heterocycles. The van der Waals surface area contributed by atoms with Crippen molar-refractivity contribution in [2.45, 2.75) is 6.61 Å². The fourth-order valence-corrected chi connectivity index (χ4v) is 1.78. The third-order valence-electron chi connectivity index (χ3n) is 2.66. The van der Waals surface area contributed by atoms with Crippen molar-refractivity contribution >= 4 is 23.4 Å². The molecule has 0 saturated heterocycles. The average molecular weight is 305 g/mol. The van der Waals surface area contributed by atoms with Crippen LogP contribution >= 0.6 is 11.6 Å². The van der Waals surface area contributed by atoms with Crippen molar-refractivity contribution in [1.29, 1.82) is 5.26 Å². The summed E-state index contributed by atoms with van der Waals surface area (Å²) in [6.45, 7) is 0.0384. The van der Waals surface area contributed by atoms with E-state index >= 15 is 0 Å². The number of nitriles is 1. The molecule has 0 bridgehead atoms. The van der Waals surface area contributed by atoms with Gasteiger partial charge in [-0.05, 0) is 17.7 Å². The fourth-order valence-electron chi connectivity index (χ4n) is 1.63. The first-order valence-corrected chi connectivity index (χ1v) is 6.35. The summed E-state index contributed by atoms with van der Waals surface area (Å²) in [5.74, 6) is -0.868. The Morgan fingerprint density at radius 2 is 2.00 bits per heavy atom. The predicted molar refractivity (Wildman–Crippen MR) is 76.4 cm³/mol. The minimum Gasteiger partial charge on any atom is -0.444 e. The van der Waals surface area contributed by atoms with Gasteiger partial charge < -0.3 is 4.74 Å². The predicted octanol–water partition coefficient (Wildman–Crippen LogP) is 4.10. The lowest BCUT2D eigenvalue weighted by Gasteiger charge is -2.10. The molecule has 0 fully saturated rings. The van der Waals surface area contributed by atoms with E-state index in [4.69, 9.17) is 21.6 Å². The van der Waals surface area contributed by atoms with Crippen LogP contribution in [0, 0.1) is 17.1 Å². The molecule has 21 heavy (non-hydrogen) atoms. The highest BCUT2D eigenvalue weighted by Gasteiger charge is 2.15. The highest BCUT2D eigenvalue weighted by molar-refractivity contribution is 6.31. The number of halogens is 2. The maximum Gasteiger partial charge on any atom is 0.412 e. The summed E-state index contributed by atoms with van der Waals surface area (Å²) < 4.78 is 18.8. The Labute approximate surface area is 125 Å². The first-order chi connectivity index (χ1) is 10.1. The van der Waals surface area contributed by atoms with E-state index in [2.05, 4.69) is 5.32 Å². The molecule has 0 spiro atoms. The number of anilines is 1. The highest BCUT2D eigenvalue weighted by atomic mass is 35.5. The van der Waals surface area contributed by atoms with E-state index in [1.165, 1.54) is 12.1 Å². The van der Waals surface area contributed by atoms with Crippen molar-refractivity contribution in [2.24, 2.45) is 0 Å². The lowest BCUT2D eigenvalue weighted by Crippen LogP contribution is -2.15. The second kappa shape index (κ2) is 6.73. The summed E-state index contributed by atoms with van der Waals surface area (Å²) in [6, 6.07) is 13.4. The summed E-state index contributed by atoms with van der Waals surface area (Å²) in [4.78, 5) is 11.7. The lowest BCUT2D eigenvalue weighted by molar-refractivity contribution is 0.155. The Kier molecular flexibility index (Phi) is 4.75. The molecule has 0 atom stereocenters. The number of carbonyl (C=O) groups is 1. The number of hydrogen-bond acceptors (Lipinski definition) is 3. The quantitative estimate of drug-likeness (QED) is 0.928. The normalized spacial score (nSPS) is 9.76. The van der Waals surface area contributed by atoms with Crippen molar-refractivity contribution in [1.82, 2.24) is 0 Å². The largest absolute Gasteiger partial charge is 0.444 e. The Morgan fingerprint density at radius 3 is 2.67 bits per heavy atom. The molecule has 4 nitrogen and oxygen atoms in total. The Morgan fingerprint density at radius 1 is 1.29 bits per heavy atom. The van der Waals surface area contributed by atoms with Gasteiger partial charge in [0.1, 0.15) is 12.7 Å². The van der Waals surface area contributed by atoms with Gasteiger partial charge in [0.15, 0.2) is 5.82 Å². The van der Waals surface area contributed by atoms with Gasteiger partial charge in [0, 0.05) is 0 Å². The van der Waals surface area contributed by atoms with Crippen molar-refractivity contribution in [2.75, 3.05) is 5.32 Å². The maximum absolute atomic E-state index is 13.8. The molecule has 0 saturated carbocycles. The lowest BCUT2D eigenvalue weighted by atomic mass is 10.2. The number of ether oxygens (including phenoxy) is 1. The van der Waals surface area contributed by atoms with Crippen LogP contribution in [0.3, 0.4) is 0 Å². The van der Waals surface area contributed by atoms with Gasteiger partial charge in [0.25, 0.3) is 0 Å². The van der Waals surface area contributed by atoms with Crippen molar-refractivity contribution in [3.63, 3.8) is 0 Å². The number of carbonyl (C=O) groups excluding carboxylic acids is 1. The van der Waals surface area contributed by atoms with Crippen LogP contribution < -0.4 is 5.32 Å². The second-order valence-electron chi connectivity index (χ2n) is 4.08. The first-order valence-electron chi connectivity index (χ1n) is 5.97. The number of rotatable bonds is 3. The van der Waals surface area contributed by atoms with Gasteiger partial charge in [-0.3, -0.25) is 5.32 Å². The molecule has 2 aromatic rings. The van der Waals surface area contributed by atoms with Crippen LogP contribution in [-0.2, 0) is 11.3 Å². The van der Waals surface area contributed by atoms with Crippen LogP contribution in [0.5, 0.6) is 0 Å². The number of nitrogens with one attached hydrogen (secondary N) is 1. The molecule has 0 unspecified atom stereocenters. The summed E-state index contributed by atoms with van der Waals surface area (Å²) in [7, 11) is 0. The van der Waals surface area contributed by atoms with Crippen LogP contribution in [0.15, 0.2) is 42.5 Å². The molecule has 0 radical (unpaired) electrons. The summed E-state index contributed by atoms with van der Waals surface area (Å²) in [6.07, 6.45) is -0.864. The molecular weight excluding hydrogens is 295 g/mol. The number of amides is 1. The van der Waals surface area contributed by atoms with Crippen LogP contribution in [0.4, 0.5) is 14.9 Å². The molecule has 1 N–H and O–H groups in total. The molecular formula is C15H10ClFN2O2. The molecule has 0 aliphatic carbocycles. The van der Waals surface area contributed by atoms with E-state index in [0.717, 1.165) is 5.56 Å². The first kappa shape index (κ1) is 14.8. The second-order valence-corrected chi connectivity index (χ2v) is 4.49. The van der Waals surface area contributed by atoms with E-state index in [1.54, 1.807) is 30.3 Å². The highest BCUT2D eigenvalue weighted by Crippen LogP contribution is 2.26. The van der Waals surface area contributed by atoms with Gasteiger partial charge in [-0.1, -0.05) is 41.9 Å². The van der Waals surface area contributed by atoms with E-state index in [1.807, 2.05) is 6.07 Å². The summed E-state index contributed by atoms with van der Waals surface area (Å²) in [5, 5.41) is 10.9. The van der Waals surface area contributed by atoms with Gasteiger partial charge in [-0.2, -0.15) is 5.26 Å². The molecule has 2 rings (SSSR count). The maximum atomic E-state index is 13.8. The van der Waals surface area contributed by atoms with E-state index < -0.39 is 11.9 Å². The monoisotopic (exact) mass is 304 g/mol. The van der Waals surface area contributed by atoms with Crippen LogP contribution in [0.1, 0.15) is 11.1 Å². The van der Waals surface area contributed by atoms with E-state index in [0.29, 0.717) is 0 Å². The zero-order valence-corrected chi connectivity index (χ0v) is 11.5. The standard InChI is InChI=1S/C15H10ClFN2O2/c16-12-7-6-11(8-18)14(13(12)17)19-15(20)21-9-10-4-2-1-3-5-10/h1-7H,9H2,(H,19,20). The van der Waals surface area contributed by atoms with E-state index in [-0.39, 0.29) is 22.9 Å².